The Balaban J connectivity index is 0.000000133. The van der Waals surface area contributed by atoms with Crippen LogP contribution in [0.3, 0.4) is 0 Å². The molecule has 0 saturated heterocycles. The second-order valence-corrected chi connectivity index (χ2v) is 26.4. The second kappa shape index (κ2) is 22.0. The fourth-order valence-electron chi connectivity index (χ4n) is 15.0. The summed E-state index contributed by atoms with van der Waals surface area (Å²) in [4.78, 5) is 0. The number of para-hydroxylation sites is 9. The van der Waals surface area contributed by atoms with Crippen LogP contribution in [0, 0.1) is 0 Å². The summed E-state index contributed by atoms with van der Waals surface area (Å²) in [7, 11) is 0. The van der Waals surface area contributed by atoms with Gasteiger partial charge in [0, 0.05) is 80.8 Å². The van der Waals surface area contributed by atoms with Gasteiger partial charge in [0.15, 0.2) is 0 Å². The van der Waals surface area contributed by atoms with Crippen LogP contribution in [0.1, 0.15) is 0 Å². The Kier molecular flexibility index (Phi) is 12.6. The molecule has 4 nitrogen and oxygen atoms in total. The van der Waals surface area contributed by atoms with Crippen molar-refractivity contribution in [2.24, 2.45) is 0 Å². The van der Waals surface area contributed by atoms with Crippen LogP contribution in [0.15, 0.2) is 340 Å². The highest BCUT2D eigenvalue weighted by Gasteiger charge is 2.24. The Morgan fingerprint density at radius 2 is 0.511 bits per heavy atom. The van der Waals surface area contributed by atoms with Gasteiger partial charge in [-0.15, -0.1) is 22.7 Å². The number of hydrogen-bond donors (Lipinski definition) is 0. The van der Waals surface area contributed by atoms with E-state index >= 15 is 0 Å². The van der Waals surface area contributed by atoms with Crippen LogP contribution in [0.2, 0.25) is 0 Å². The molecule has 20 aromatic rings. The maximum absolute atomic E-state index is 2.45. The van der Waals surface area contributed by atoms with E-state index in [1.165, 1.54) is 173 Å². The van der Waals surface area contributed by atoms with Gasteiger partial charge in [0.1, 0.15) is 0 Å². The number of nitrogens with zero attached hydrogens (tertiary/aromatic N) is 4. The van der Waals surface area contributed by atoms with Gasteiger partial charge in [-0.2, -0.15) is 0 Å². The largest absolute Gasteiger partial charge is 0.309 e. The summed E-state index contributed by atoms with van der Waals surface area (Å²) in [6, 6.07) is 123. The third-order valence-corrected chi connectivity index (χ3v) is 21.4. The van der Waals surface area contributed by atoms with Gasteiger partial charge in [-0.3, -0.25) is 0 Å². The van der Waals surface area contributed by atoms with Crippen molar-refractivity contribution >= 4 is 129 Å². The van der Waals surface area contributed by atoms with E-state index in [2.05, 4.69) is 358 Å². The average Bonchev–Trinajstić information content (AvgIpc) is 1.58. The zero-order valence-corrected chi connectivity index (χ0v) is 52.6. The summed E-state index contributed by atoms with van der Waals surface area (Å²) in [6.45, 7) is 0. The van der Waals surface area contributed by atoms with Gasteiger partial charge in [-0.1, -0.05) is 249 Å². The molecule has 0 aliphatic carbocycles. The Morgan fingerprint density at radius 3 is 0.989 bits per heavy atom. The van der Waals surface area contributed by atoms with Crippen molar-refractivity contribution in [1.82, 2.24) is 18.3 Å². The lowest BCUT2D eigenvalue weighted by molar-refractivity contribution is 1.18. The molecule has 0 spiro atoms. The van der Waals surface area contributed by atoms with E-state index in [-0.39, 0.29) is 0 Å². The van der Waals surface area contributed by atoms with Gasteiger partial charge >= 0.3 is 0 Å². The van der Waals surface area contributed by atoms with Crippen molar-refractivity contribution in [3.8, 4) is 67.3 Å². The molecule has 94 heavy (non-hydrogen) atoms. The highest BCUT2D eigenvalue weighted by Crippen LogP contribution is 2.49. The van der Waals surface area contributed by atoms with Gasteiger partial charge < -0.3 is 18.3 Å². The summed E-state index contributed by atoms with van der Waals surface area (Å²) >= 11 is 3.79. The molecule has 0 atom stereocenters. The average molecular weight is 1230 g/mol. The maximum atomic E-state index is 2.45. The van der Waals surface area contributed by atoms with Crippen molar-refractivity contribution in [3.63, 3.8) is 0 Å². The van der Waals surface area contributed by atoms with Crippen LogP contribution < -0.4 is 0 Å². The molecule has 0 unspecified atom stereocenters. The zero-order chi connectivity index (χ0) is 61.8. The van der Waals surface area contributed by atoms with Crippen LogP contribution in [0.4, 0.5) is 0 Å². The van der Waals surface area contributed by atoms with Crippen molar-refractivity contribution < 1.29 is 0 Å². The maximum Gasteiger partial charge on any atom is 0.0734 e. The van der Waals surface area contributed by atoms with E-state index in [1.807, 2.05) is 22.7 Å². The third kappa shape index (κ3) is 8.51. The fraction of sp³-hybridized carbons (Fsp3) is 0. The molecule has 0 bridgehead atoms. The standard InChI is InChI=1S/2C44H28N2S/c1-3-13-31(14-4-1)45-38-22-9-7-17-35(38)36-21-11-20-34(42(36)45)30-27-25-29(26-28-30)33-19-12-24-40-41(33)43-44(47-40)37-18-8-10-23-39(37)46(43)32-15-5-2-6-16-32;1-3-12-32(13-4-1)45-38-19-9-7-16-35(38)36-27-26-31(28-40(36)45)29-22-24-30(25-23-29)34-18-11-21-41-42(34)43-44(47-41)37-17-8-10-20-39(37)46(43)33-14-5-2-6-15-33/h2*1-28H. The number of aromatic nitrogens is 4. The minimum Gasteiger partial charge on any atom is -0.309 e. The third-order valence-electron chi connectivity index (χ3n) is 19.1. The molecule has 20 rings (SSSR count). The minimum absolute atomic E-state index is 1.17. The summed E-state index contributed by atoms with van der Waals surface area (Å²) in [5, 5.41) is 10.3. The molecular weight excluding hydrogens is 1180 g/mol. The molecule has 0 radical (unpaired) electrons. The Bertz CT molecular complexity index is 6300. The van der Waals surface area contributed by atoms with Gasteiger partial charge in [-0.05, 0) is 130 Å². The molecule has 0 saturated carbocycles. The Hall–Kier alpha value is -11.8. The molecule has 0 N–H and O–H groups in total. The van der Waals surface area contributed by atoms with E-state index in [0.717, 1.165) is 0 Å². The van der Waals surface area contributed by atoms with Gasteiger partial charge in [0.2, 0.25) is 0 Å². The SMILES string of the molecule is c1ccc(-n2c3ccccc3c3ccc(-c4ccc(-c5cccc6sc7c8ccccc8n(-c8ccccc8)c7c56)cc4)cc32)cc1.c1ccc(-n2c3ccccc3c3cccc(-c4ccc(-c5cccc6sc7c8ccccc8n(-c8ccccc8)c7c56)cc4)c32)cc1. The van der Waals surface area contributed by atoms with Crippen LogP contribution in [0.25, 0.3) is 173 Å². The fourth-order valence-corrected chi connectivity index (χ4v) is 17.5. The van der Waals surface area contributed by atoms with E-state index < -0.39 is 0 Å². The van der Waals surface area contributed by atoms with Gasteiger partial charge in [0.25, 0.3) is 0 Å². The molecule has 0 aliphatic rings. The van der Waals surface area contributed by atoms with Crippen LogP contribution >= 0.6 is 22.7 Å². The van der Waals surface area contributed by atoms with E-state index in [9.17, 15) is 0 Å². The summed E-state index contributed by atoms with van der Waals surface area (Å²) < 4.78 is 15.0. The summed E-state index contributed by atoms with van der Waals surface area (Å²) in [5.74, 6) is 0. The van der Waals surface area contributed by atoms with Crippen molar-refractivity contribution in [3.05, 3.63) is 340 Å². The van der Waals surface area contributed by atoms with Crippen LogP contribution in [-0.2, 0) is 0 Å². The lowest BCUT2D eigenvalue weighted by Crippen LogP contribution is -1.95. The number of hydrogen-bond acceptors (Lipinski definition) is 2. The van der Waals surface area contributed by atoms with Crippen molar-refractivity contribution in [1.29, 1.82) is 0 Å². The molecule has 0 aliphatic heterocycles. The van der Waals surface area contributed by atoms with Crippen molar-refractivity contribution in [2.45, 2.75) is 0 Å². The lowest BCUT2D eigenvalue weighted by Gasteiger charge is -2.13. The molecular formula is C88H56N4S2. The number of rotatable bonds is 8. The first-order valence-corrected chi connectivity index (χ1v) is 33.7. The lowest BCUT2D eigenvalue weighted by atomic mass is 9.97. The first-order valence-electron chi connectivity index (χ1n) is 32.1. The smallest absolute Gasteiger partial charge is 0.0734 e. The van der Waals surface area contributed by atoms with Crippen molar-refractivity contribution in [2.75, 3.05) is 0 Å². The predicted molar refractivity (Wildman–Crippen MR) is 403 cm³/mol. The van der Waals surface area contributed by atoms with E-state index in [1.54, 1.807) is 0 Å². The van der Waals surface area contributed by atoms with E-state index in [0.29, 0.717) is 0 Å². The molecule has 0 fully saturated rings. The molecule has 6 aromatic heterocycles. The molecule has 440 valence electrons. The molecule has 14 aromatic carbocycles. The monoisotopic (exact) mass is 1230 g/mol. The highest BCUT2D eigenvalue weighted by atomic mass is 32.1. The first kappa shape index (κ1) is 54.0. The summed E-state index contributed by atoms with van der Waals surface area (Å²) in [6.07, 6.45) is 0. The normalized spacial score (nSPS) is 11.8. The van der Waals surface area contributed by atoms with Gasteiger partial charge in [0.05, 0.1) is 53.5 Å². The summed E-state index contributed by atoms with van der Waals surface area (Å²) in [5.41, 5.74) is 24.5. The molecule has 6 heteroatoms. The zero-order valence-electron chi connectivity index (χ0n) is 50.9. The molecule has 0 amide bonds. The molecule has 6 heterocycles. The Morgan fingerprint density at radius 1 is 0.191 bits per heavy atom. The minimum atomic E-state index is 1.17. The van der Waals surface area contributed by atoms with E-state index in [4.69, 9.17) is 0 Å². The quantitative estimate of drug-likeness (QED) is 0.144. The number of fused-ring (bicyclic) bond motifs is 16. The predicted octanol–water partition coefficient (Wildman–Crippen LogP) is 24.9. The second-order valence-electron chi connectivity index (χ2n) is 24.3. The van der Waals surface area contributed by atoms with Crippen LogP contribution in [-0.4, -0.2) is 18.3 Å². The number of benzene rings is 14. The first-order chi connectivity index (χ1) is 46.7. The van der Waals surface area contributed by atoms with Crippen LogP contribution in [0.5, 0.6) is 0 Å². The topological polar surface area (TPSA) is 19.7 Å². The van der Waals surface area contributed by atoms with Gasteiger partial charge in [-0.25, -0.2) is 0 Å². The highest BCUT2D eigenvalue weighted by molar-refractivity contribution is 7.27. The Labute approximate surface area is 550 Å². The number of thiophene rings is 2.